The normalized spacial score (nSPS) is 14.8. The van der Waals surface area contributed by atoms with E-state index < -0.39 is 24.2 Å². The summed E-state index contributed by atoms with van der Waals surface area (Å²) in [5.41, 5.74) is 4.48. The summed E-state index contributed by atoms with van der Waals surface area (Å²) in [5.74, 6) is 0.647. The fourth-order valence-corrected chi connectivity index (χ4v) is 8.85. The fraction of sp³-hybridized carbons (Fsp3) is 0. The Hall–Kier alpha value is -7.41. The molecule has 0 atom stereocenters. The molecule has 0 bridgehead atoms. The molecule has 0 unspecified atom stereocenters. The van der Waals surface area contributed by atoms with Gasteiger partial charge in [-0.3, -0.25) is 0 Å². The Labute approximate surface area is 347 Å². The molecule has 0 saturated heterocycles. The largest absolute Gasteiger partial charge is 0.456 e. The maximum absolute atomic E-state index is 9.19. The van der Waals surface area contributed by atoms with Gasteiger partial charge in [0.15, 0.2) is 17.5 Å². The van der Waals surface area contributed by atoms with E-state index in [2.05, 4.69) is 0 Å². The topological polar surface area (TPSA) is 56.7 Å². The zero-order valence-electron chi connectivity index (χ0n) is 41.5. The molecule has 4 heterocycles. The van der Waals surface area contributed by atoms with E-state index in [9.17, 15) is 1.37 Å². The summed E-state index contributed by atoms with van der Waals surface area (Å²) in [4.78, 5) is 15.4. The molecule has 57 heavy (non-hydrogen) atoms. The minimum absolute atomic E-state index is 0.00539. The molecule has 0 fully saturated rings. The van der Waals surface area contributed by atoms with E-state index in [0.29, 0.717) is 64.8 Å². The van der Waals surface area contributed by atoms with Crippen LogP contribution in [0, 0.1) is 0 Å². The van der Waals surface area contributed by atoms with Crippen molar-refractivity contribution >= 4 is 75.3 Å². The maximum Gasteiger partial charge on any atom is 0.166 e. The second kappa shape index (κ2) is 12.6. The van der Waals surface area contributed by atoms with Gasteiger partial charge in [-0.1, -0.05) is 133 Å². The van der Waals surface area contributed by atoms with Crippen LogP contribution in [0.25, 0.3) is 115 Å². The maximum atomic E-state index is 9.19. The molecule has 0 aliphatic carbocycles. The molecule has 4 aromatic heterocycles. The van der Waals surface area contributed by atoms with Gasteiger partial charge in [0.1, 0.15) is 11.2 Å². The van der Waals surface area contributed by atoms with Gasteiger partial charge in [0, 0.05) is 58.4 Å². The number of rotatable bonds is 5. The van der Waals surface area contributed by atoms with Crippen LogP contribution in [0.1, 0.15) is 16.4 Å². The number of aromatic nitrogens is 4. The van der Waals surface area contributed by atoms with Crippen LogP contribution < -0.4 is 0 Å². The first-order chi connectivity index (χ1) is 33.2. The molecule has 12 aromatic rings. The highest BCUT2D eigenvalue weighted by atomic mass is 32.1. The molecule has 0 spiro atoms. The Bertz CT molecular complexity index is 4260. The Morgan fingerprint density at radius 3 is 2.11 bits per heavy atom. The highest BCUT2D eigenvalue weighted by molar-refractivity contribution is 7.26. The van der Waals surface area contributed by atoms with Crippen LogP contribution in [0.4, 0.5) is 0 Å². The van der Waals surface area contributed by atoms with E-state index >= 15 is 0 Å². The first-order valence-corrected chi connectivity index (χ1v) is 18.8. The number of nitrogens with zero attached hydrogens (tertiary/aromatic N) is 4. The molecular formula is C51H30N4OS. The second-order valence-corrected chi connectivity index (χ2v) is 14.4. The van der Waals surface area contributed by atoms with Crippen molar-refractivity contribution < 1.29 is 20.9 Å². The van der Waals surface area contributed by atoms with Crippen molar-refractivity contribution in [3.63, 3.8) is 0 Å². The summed E-state index contributed by atoms with van der Waals surface area (Å²) in [5, 5.41) is 2.26. The number of para-hydroxylation sites is 4. The second-order valence-electron chi connectivity index (χ2n) is 13.4. The highest BCUT2D eigenvalue weighted by Gasteiger charge is 2.21. The smallest absolute Gasteiger partial charge is 0.166 e. The van der Waals surface area contributed by atoms with Gasteiger partial charge in [0.25, 0.3) is 0 Å². The van der Waals surface area contributed by atoms with Gasteiger partial charge < -0.3 is 8.98 Å². The van der Waals surface area contributed by atoms with E-state index in [1.807, 2.05) is 66.7 Å². The third-order valence-corrected chi connectivity index (χ3v) is 11.4. The van der Waals surface area contributed by atoms with Crippen LogP contribution in [-0.4, -0.2) is 19.5 Å². The standard InChI is InChI=1S/C51H30N4OS/c1-6-24-41-34(16-1)35-17-2-7-25-42(35)55(41)43-26-8-3-19-38(43)50-52-49(53-51(54-50)40-23-13-28-45-47(40)39-20-4-9-27-44(39)56-45)32-15-11-14-31(30-32)33-21-12-22-37-36-18-5-10-29-46(36)57-48(33)37/h1-30H/i1D,2D,5D,6D,12D,16D,17D,18D,22D,24D,25D,29D. The van der Waals surface area contributed by atoms with Gasteiger partial charge in [-0.2, -0.15) is 0 Å². The lowest BCUT2D eigenvalue weighted by molar-refractivity contribution is 0.669. The van der Waals surface area contributed by atoms with Gasteiger partial charge >= 0.3 is 0 Å². The molecule has 0 aliphatic rings. The number of hydrogen-bond donors (Lipinski definition) is 0. The molecule has 8 aromatic carbocycles. The van der Waals surface area contributed by atoms with E-state index in [-0.39, 0.29) is 87.6 Å². The first kappa shape index (κ1) is 22.2. The molecular weight excluding hydrogens is 717 g/mol. The number of fused-ring (bicyclic) bond motifs is 9. The molecule has 0 N–H and O–H groups in total. The first-order valence-electron chi connectivity index (χ1n) is 24.0. The van der Waals surface area contributed by atoms with Crippen molar-refractivity contribution in [2.45, 2.75) is 0 Å². The summed E-state index contributed by atoms with van der Waals surface area (Å²) in [7, 11) is 0. The molecule has 266 valence electrons. The van der Waals surface area contributed by atoms with Crippen LogP contribution in [0.3, 0.4) is 0 Å². The van der Waals surface area contributed by atoms with Gasteiger partial charge in [-0.15, -0.1) is 11.3 Å². The Morgan fingerprint density at radius 1 is 0.474 bits per heavy atom. The third-order valence-electron chi connectivity index (χ3n) is 10.2. The summed E-state index contributed by atoms with van der Waals surface area (Å²) in [6, 6.07) is 28.8. The van der Waals surface area contributed by atoms with Crippen molar-refractivity contribution in [3.05, 3.63) is 182 Å². The Morgan fingerprint density at radius 2 is 1.16 bits per heavy atom. The van der Waals surface area contributed by atoms with E-state index in [0.717, 1.165) is 10.8 Å². The van der Waals surface area contributed by atoms with Gasteiger partial charge in [-0.25, -0.2) is 15.0 Å². The van der Waals surface area contributed by atoms with Gasteiger partial charge in [-0.05, 0) is 59.6 Å². The lowest BCUT2D eigenvalue weighted by Crippen LogP contribution is -2.03. The average molecular weight is 759 g/mol. The van der Waals surface area contributed by atoms with Crippen molar-refractivity contribution in [1.29, 1.82) is 0 Å². The average Bonchev–Trinajstić information content (AvgIpc) is 4.06. The van der Waals surface area contributed by atoms with Crippen LogP contribution in [0.15, 0.2) is 186 Å². The van der Waals surface area contributed by atoms with Crippen LogP contribution in [0.2, 0.25) is 0 Å². The molecule has 0 radical (unpaired) electrons. The number of hydrogen-bond acceptors (Lipinski definition) is 5. The Kier molecular flexibility index (Phi) is 4.90. The monoisotopic (exact) mass is 758 g/mol. The summed E-state index contributed by atoms with van der Waals surface area (Å²) < 4.78 is 115. The molecule has 5 nitrogen and oxygen atoms in total. The SMILES string of the molecule is [2H]c1cc([2H])c2sc3c(-c4cccc(-c5nc(-c6ccccc6-n6c7c([2H])cc([2H])c([2H])c7c7c([2H])c([2H])c([2H])c([2H])c76)nc(-c6cccc7oc8ccccc8c67)n5)c4)cc([2H])c([2H])c3c2c1[2H]. The summed E-state index contributed by atoms with van der Waals surface area (Å²) in [6.07, 6.45) is 0. The zero-order chi connectivity index (χ0) is 47.9. The highest BCUT2D eigenvalue weighted by Crippen LogP contribution is 2.42. The molecule has 0 saturated carbocycles. The zero-order valence-corrected chi connectivity index (χ0v) is 30.3. The minimum Gasteiger partial charge on any atom is -0.456 e. The molecule has 6 heteroatoms. The molecule has 12 rings (SSSR count). The van der Waals surface area contributed by atoms with Gasteiger partial charge in [0.05, 0.1) is 33.2 Å². The van der Waals surface area contributed by atoms with Crippen molar-refractivity contribution in [2.75, 3.05) is 0 Å². The molecule has 0 aliphatic heterocycles. The van der Waals surface area contributed by atoms with Crippen LogP contribution in [0.5, 0.6) is 0 Å². The molecule has 0 amide bonds. The van der Waals surface area contributed by atoms with Gasteiger partial charge in [0.2, 0.25) is 0 Å². The van der Waals surface area contributed by atoms with E-state index in [1.54, 1.807) is 30.3 Å². The van der Waals surface area contributed by atoms with Crippen molar-refractivity contribution in [2.24, 2.45) is 0 Å². The van der Waals surface area contributed by atoms with Crippen molar-refractivity contribution in [3.8, 4) is 51.0 Å². The fourth-order valence-electron chi connectivity index (χ4n) is 7.73. The van der Waals surface area contributed by atoms with E-state index in [1.165, 1.54) is 28.0 Å². The van der Waals surface area contributed by atoms with Crippen molar-refractivity contribution in [1.82, 2.24) is 19.5 Å². The predicted octanol–water partition coefficient (Wildman–Crippen LogP) is 13.9. The van der Waals surface area contributed by atoms with Crippen LogP contribution >= 0.6 is 11.3 Å². The summed E-state index contributed by atoms with van der Waals surface area (Å²) in [6.45, 7) is 0. The minimum atomic E-state index is -0.511. The predicted molar refractivity (Wildman–Crippen MR) is 236 cm³/mol. The Balaban J connectivity index is 1.15. The van der Waals surface area contributed by atoms with E-state index in [4.69, 9.17) is 34.4 Å². The number of thiophene rings is 1. The lowest BCUT2D eigenvalue weighted by atomic mass is 10.0. The number of benzene rings is 8. The number of furan rings is 1. The third kappa shape index (κ3) is 4.98. The summed E-state index contributed by atoms with van der Waals surface area (Å²) >= 11 is 1.24. The lowest BCUT2D eigenvalue weighted by Gasteiger charge is -2.15. The van der Waals surface area contributed by atoms with Crippen LogP contribution in [-0.2, 0) is 0 Å². The quantitative estimate of drug-likeness (QED) is 0.175.